The summed E-state index contributed by atoms with van der Waals surface area (Å²) < 4.78 is 0. The highest BCUT2D eigenvalue weighted by Gasteiger charge is 2.35. The number of halogens is 2. The number of rotatable bonds is 4. The highest BCUT2D eigenvalue weighted by molar-refractivity contribution is 14.0. The van der Waals surface area contributed by atoms with E-state index in [9.17, 15) is 4.79 Å². The number of carbonyl (C=O) groups is 1. The van der Waals surface area contributed by atoms with Gasteiger partial charge in [0, 0.05) is 24.0 Å². The van der Waals surface area contributed by atoms with Crippen LogP contribution in [0.3, 0.4) is 0 Å². The first kappa shape index (κ1) is 19.0. The van der Waals surface area contributed by atoms with Crippen molar-refractivity contribution in [3.8, 4) is 0 Å². The van der Waals surface area contributed by atoms with Crippen molar-refractivity contribution in [1.29, 1.82) is 0 Å². The molecule has 5 heteroatoms. The highest BCUT2D eigenvalue weighted by atomic mass is 127. The van der Waals surface area contributed by atoms with Gasteiger partial charge in [0.05, 0.1) is 6.04 Å². The van der Waals surface area contributed by atoms with Crippen LogP contribution < -0.4 is 10.6 Å². The maximum atomic E-state index is 11.5. The fourth-order valence-corrected chi connectivity index (χ4v) is 4.36. The highest BCUT2D eigenvalue weighted by Crippen LogP contribution is 2.40. The minimum Gasteiger partial charge on any atom is -0.350 e. The third-order valence-electron chi connectivity index (χ3n) is 5.12. The quantitative estimate of drug-likeness (QED) is 0.664. The van der Waals surface area contributed by atoms with Gasteiger partial charge < -0.3 is 10.6 Å². The van der Waals surface area contributed by atoms with Crippen molar-refractivity contribution in [1.82, 2.24) is 10.6 Å². The number of piperidine rings is 1. The molecule has 128 valence electrons. The molecule has 2 fully saturated rings. The van der Waals surface area contributed by atoms with Gasteiger partial charge in [0.1, 0.15) is 0 Å². The molecule has 0 radical (unpaired) electrons. The molecule has 1 aromatic rings. The Morgan fingerprint density at radius 2 is 2.00 bits per heavy atom. The molecule has 2 bridgehead atoms. The lowest BCUT2D eigenvalue weighted by molar-refractivity contribution is -0.119. The normalized spacial score (nSPS) is 27.2. The lowest BCUT2D eigenvalue weighted by Gasteiger charge is -2.32. The van der Waals surface area contributed by atoms with Crippen LogP contribution in [0.15, 0.2) is 18.2 Å². The first-order valence-electron chi connectivity index (χ1n) is 8.39. The topological polar surface area (TPSA) is 41.1 Å². The molecule has 0 aromatic heterocycles. The van der Waals surface area contributed by atoms with Crippen molar-refractivity contribution >= 4 is 41.5 Å². The Kier molecular flexibility index (Phi) is 6.75. The second-order valence-electron chi connectivity index (χ2n) is 6.74. The average molecular weight is 449 g/mol. The molecule has 3 atom stereocenters. The standard InChI is InChI=1S/C18H25ClN2O.HI/c1-3-18(20-11(2)22)17-10-13(19)4-7-16(17)12-8-14-5-6-15(9-12)21-14;/h4,7,10,12,14-15,18,21H,3,5-6,8-9H2,1-2H3,(H,20,22);1H. The van der Waals surface area contributed by atoms with Gasteiger partial charge in [-0.3, -0.25) is 4.79 Å². The molecule has 1 amide bonds. The van der Waals surface area contributed by atoms with Gasteiger partial charge in [-0.1, -0.05) is 24.6 Å². The maximum absolute atomic E-state index is 11.5. The van der Waals surface area contributed by atoms with E-state index in [1.54, 1.807) is 6.92 Å². The van der Waals surface area contributed by atoms with Crippen molar-refractivity contribution in [2.24, 2.45) is 0 Å². The summed E-state index contributed by atoms with van der Waals surface area (Å²) in [6.07, 6.45) is 5.87. The summed E-state index contributed by atoms with van der Waals surface area (Å²) in [6, 6.07) is 7.59. The SMILES string of the molecule is CCC(NC(C)=O)c1cc(Cl)ccc1C1CC2CCC(C1)N2.I. The monoisotopic (exact) mass is 448 g/mol. The molecule has 2 heterocycles. The Morgan fingerprint density at radius 1 is 1.35 bits per heavy atom. The number of benzene rings is 1. The summed E-state index contributed by atoms with van der Waals surface area (Å²) in [4.78, 5) is 11.5. The molecule has 0 aliphatic carbocycles. The molecule has 3 unspecified atom stereocenters. The van der Waals surface area contributed by atoms with Crippen LogP contribution in [0.1, 0.15) is 69.0 Å². The molecule has 3 nitrogen and oxygen atoms in total. The number of nitrogens with one attached hydrogen (secondary N) is 2. The Hall–Kier alpha value is -0.330. The number of fused-ring (bicyclic) bond motifs is 2. The Bertz CT molecular complexity index is 554. The van der Waals surface area contributed by atoms with Gasteiger partial charge in [0.2, 0.25) is 5.91 Å². The molecular weight excluding hydrogens is 423 g/mol. The van der Waals surface area contributed by atoms with Crippen LogP contribution >= 0.6 is 35.6 Å². The van der Waals surface area contributed by atoms with Crippen LogP contribution in [-0.4, -0.2) is 18.0 Å². The lowest BCUT2D eigenvalue weighted by Crippen LogP contribution is -2.37. The first-order valence-corrected chi connectivity index (χ1v) is 8.77. The molecule has 2 N–H and O–H groups in total. The Morgan fingerprint density at radius 3 is 2.57 bits per heavy atom. The van der Waals surface area contributed by atoms with Crippen molar-refractivity contribution in [3.05, 3.63) is 34.3 Å². The number of hydrogen-bond acceptors (Lipinski definition) is 2. The van der Waals surface area contributed by atoms with Gasteiger partial charge in [-0.15, -0.1) is 24.0 Å². The van der Waals surface area contributed by atoms with Crippen molar-refractivity contribution in [3.63, 3.8) is 0 Å². The van der Waals surface area contributed by atoms with Gasteiger partial charge in [0.15, 0.2) is 0 Å². The molecule has 23 heavy (non-hydrogen) atoms. The zero-order valence-corrected chi connectivity index (χ0v) is 16.9. The lowest BCUT2D eigenvalue weighted by atomic mass is 9.82. The zero-order chi connectivity index (χ0) is 15.7. The maximum Gasteiger partial charge on any atom is 0.217 e. The zero-order valence-electron chi connectivity index (χ0n) is 13.8. The molecular formula is C18H26ClIN2O. The van der Waals surface area contributed by atoms with Crippen LogP contribution in [0.5, 0.6) is 0 Å². The largest absolute Gasteiger partial charge is 0.350 e. The van der Waals surface area contributed by atoms with Crippen LogP contribution in [0.25, 0.3) is 0 Å². The molecule has 1 aromatic carbocycles. The Balaban J connectivity index is 0.00000192. The van der Waals surface area contributed by atoms with Gasteiger partial charge in [0.25, 0.3) is 0 Å². The third kappa shape index (κ3) is 4.40. The van der Waals surface area contributed by atoms with E-state index in [0.717, 1.165) is 11.4 Å². The fourth-order valence-electron chi connectivity index (χ4n) is 4.18. The van der Waals surface area contributed by atoms with Crippen LogP contribution in [0.4, 0.5) is 0 Å². The first-order chi connectivity index (χ1) is 10.6. The summed E-state index contributed by atoms with van der Waals surface area (Å²) in [5, 5.41) is 7.53. The van der Waals surface area contributed by atoms with Crippen molar-refractivity contribution in [2.45, 2.75) is 70.0 Å². The van der Waals surface area contributed by atoms with Crippen molar-refractivity contribution in [2.75, 3.05) is 0 Å². The fraction of sp³-hybridized carbons (Fsp3) is 0.611. The molecule has 2 aliphatic rings. The smallest absolute Gasteiger partial charge is 0.217 e. The molecule has 2 saturated heterocycles. The minimum atomic E-state index is 0. The number of hydrogen-bond donors (Lipinski definition) is 2. The summed E-state index contributed by atoms with van der Waals surface area (Å²) >= 11 is 6.24. The summed E-state index contributed by atoms with van der Waals surface area (Å²) in [6.45, 7) is 3.69. The van der Waals surface area contributed by atoms with Crippen LogP contribution in [-0.2, 0) is 4.79 Å². The molecule has 0 spiro atoms. The molecule has 2 aliphatic heterocycles. The third-order valence-corrected chi connectivity index (χ3v) is 5.36. The van der Waals surface area contributed by atoms with E-state index in [0.29, 0.717) is 18.0 Å². The van der Waals surface area contributed by atoms with E-state index in [2.05, 4.69) is 23.6 Å². The summed E-state index contributed by atoms with van der Waals surface area (Å²) in [5.41, 5.74) is 2.58. The minimum absolute atomic E-state index is 0. The van der Waals surface area contributed by atoms with Crippen LogP contribution in [0.2, 0.25) is 5.02 Å². The predicted octanol–water partition coefficient (Wildman–Crippen LogP) is 4.54. The summed E-state index contributed by atoms with van der Waals surface area (Å²) in [7, 11) is 0. The predicted molar refractivity (Wildman–Crippen MR) is 106 cm³/mol. The van der Waals surface area contributed by atoms with Gasteiger partial charge in [-0.25, -0.2) is 0 Å². The van der Waals surface area contributed by atoms with Gasteiger partial charge in [-0.05, 0) is 61.3 Å². The molecule has 0 saturated carbocycles. The summed E-state index contributed by atoms with van der Waals surface area (Å²) in [5.74, 6) is 0.594. The van der Waals surface area contributed by atoms with E-state index in [1.165, 1.54) is 36.8 Å². The average Bonchev–Trinajstić information content (AvgIpc) is 2.83. The van der Waals surface area contributed by atoms with E-state index >= 15 is 0 Å². The van der Waals surface area contributed by atoms with E-state index in [1.807, 2.05) is 12.1 Å². The van der Waals surface area contributed by atoms with Crippen molar-refractivity contribution < 1.29 is 4.79 Å². The van der Waals surface area contributed by atoms with Gasteiger partial charge in [-0.2, -0.15) is 0 Å². The second-order valence-corrected chi connectivity index (χ2v) is 7.18. The van der Waals surface area contributed by atoms with E-state index in [-0.39, 0.29) is 35.9 Å². The number of amides is 1. The van der Waals surface area contributed by atoms with E-state index < -0.39 is 0 Å². The van der Waals surface area contributed by atoms with E-state index in [4.69, 9.17) is 11.6 Å². The Labute approximate surface area is 161 Å². The second kappa shape index (κ2) is 8.17. The van der Waals surface area contributed by atoms with Gasteiger partial charge >= 0.3 is 0 Å². The number of carbonyl (C=O) groups excluding carboxylic acids is 1. The van der Waals surface area contributed by atoms with Crippen LogP contribution in [0, 0.1) is 0 Å². The molecule has 3 rings (SSSR count).